The smallest absolute Gasteiger partial charge is 0.317 e. The summed E-state index contributed by atoms with van der Waals surface area (Å²) < 4.78 is 4.48. The second kappa shape index (κ2) is 6.15. The average Bonchev–Trinajstić information content (AvgIpc) is 2.29. The number of thioether (sulfide) groups is 1. The normalized spacial score (nSPS) is 8.93. The molecular formula is C12H12O2S. The summed E-state index contributed by atoms with van der Waals surface area (Å²) in [5.41, 5.74) is 0.914. The Balaban J connectivity index is 2.60. The molecule has 1 rings (SSSR count). The lowest BCUT2D eigenvalue weighted by Gasteiger charge is -1.94. The zero-order valence-corrected chi connectivity index (χ0v) is 9.56. The Morgan fingerprint density at radius 3 is 2.60 bits per heavy atom. The van der Waals surface area contributed by atoms with Crippen LogP contribution in [0.4, 0.5) is 0 Å². The Morgan fingerprint density at radius 1 is 1.40 bits per heavy atom. The van der Waals surface area contributed by atoms with Crippen LogP contribution >= 0.6 is 11.8 Å². The van der Waals surface area contributed by atoms with Crippen molar-refractivity contribution in [3.8, 4) is 11.8 Å². The molecule has 3 heteroatoms. The van der Waals surface area contributed by atoms with Crippen molar-refractivity contribution < 1.29 is 9.53 Å². The van der Waals surface area contributed by atoms with Crippen LogP contribution in [-0.4, -0.2) is 19.3 Å². The van der Waals surface area contributed by atoms with E-state index in [1.54, 1.807) is 11.8 Å². The summed E-state index contributed by atoms with van der Waals surface area (Å²) in [6, 6.07) is 7.89. The number of hydrogen-bond acceptors (Lipinski definition) is 3. The summed E-state index contributed by atoms with van der Waals surface area (Å²) in [6.07, 6.45) is 2.17. The van der Waals surface area contributed by atoms with Gasteiger partial charge in [0.2, 0.25) is 0 Å². The summed E-state index contributed by atoms with van der Waals surface area (Å²) in [5, 5.41) is 0. The summed E-state index contributed by atoms with van der Waals surface area (Å²) in [4.78, 5) is 12.0. The second-order valence-corrected chi connectivity index (χ2v) is 3.66. The first-order valence-corrected chi connectivity index (χ1v) is 5.68. The van der Waals surface area contributed by atoms with Crippen LogP contribution < -0.4 is 0 Å². The van der Waals surface area contributed by atoms with Crippen molar-refractivity contribution in [2.24, 2.45) is 0 Å². The maximum Gasteiger partial charge on any atom is 0.317 e. The molecule has 0 amide bonds. The fourth-order valence-corrected chi connectivity index (χ4v) is 1.37. The molecule has 0 N–H and O–H groups in total. The maximum absolute atomic E-state index is 10.8. The molecule has 0 aliphatic heterocycles. The van der Waals surface area contributed by atoms with Crippen molar-refractivity contribution in [2.75, 3.05) is 13.4 Å². The van der Waals surface area contributed by atoms with Crippen molar-refractivity contribution in [3.05, 3.63) is 29.8 Å². The van der Waals surface area contributed by atoms with E-state index in [4.69, 9.17) is 0 Å². The van der Waals surface area contributed by atoms with E-state index >= 15 is 0 Å². The molecule has 0 aliphatic carbocycles. The highest BCUT2D eigenvalue weighted by Gasteiger charge is 1.93. The van der Waals surface area contributed by atoms with Crippen molar-refractivity contribution in [3.63, 3.8) is 0 Å². The van der Waals surface area contributed by atoms with Gasteiger partial charge in [0.15, 0.2) is 0 Å². The van der Waals surface area contributed by atoms with Gasteiger partial charge in [0.1, 0.15) is 6.42 Å². The number of esters is 1. The molecule has 0 unspecified atom stereocenters. The van der Waals surface area contributed by atoms with Crippen LogP contribution in [0.15, 0.2) is 29.2 Å². The molecule has 0 bridgehead atoms. The van der Waals surface area contributed by atoms with Crippen molar-refractivity contribution >= 4 is 17.7 Å². The SMILES string of the molecule is COC(=O)CC#Cc1ccc(SC)cc1. The molecule has 1 aromatic rings. The van der Waals surface area contributed by atoms with Gasteiger partial charge in [0.05, 0.1) is 7.11 Å². The summed E-state index contributed by atoms with van der Waals surface area (Å²) in [5.74, 6) is 5.36. The van der Waals surface area contributed by atoms with Crippen LogP contribution in [0.2, 0.25) is 0 Å². The minimum Gasteiger partial charge on any atom is -0.468 e. The van der Waals surface area contributed by atoms with Crippen LogP contribution in [0.25, 0.3) is 0 Å². The molecule has 15 heavy (non-hydrogen) atoms. The van der Waals surface area contributed by atoms with Gasteiger partial charge in [-0.1, -0.05) is 11.8 Å². The molecule has 0 saturated carbocycles. The number of carbonyl (C=O) groups excluding carboxylic acids is 1. The highest BCUT2D eigenvalue weighted by atomic mass is 32.2. The van der Waals surface area contributed by atoms with Gasteiger partial charge in [0, 0.05) is 10.5 Å². The first kappa shape index (κ1) is 11.7. The van der Waals surface area contributed by atoms with E-state index in [-0.39, 0.29) is 12.4 Å². The molecule has 0 saturated heterocycles. The van der Waals surface area contributed by atoms with Crippen LogP contribution in [0.1, 0.15) is 12.0 Å². The van der Waals surface area contributed by atoms with Gasteiger partial charge in [-0.05, 0) is 30.5 Å². The van der Waals surface area contributed by atoms with Gasteiger partial charge in [-0.2, -0.15) is 0 Å². The number of methoxy groups -OCH3 is 1. The summed E-state index contributed by atoms with van der Waals surface area (Å²) in [6.45, 7) is 0. The Morgan fingerprint density at radius 2 is 2.07 bits per heavy atom. The molecule has 0 atom stereocenters. The molecule has 0 aliphatic rings. The molecule has 0 fully saturated rings. The van der Waals surface area contributed by atoms with Gasteiger partial charge in [-0.15, -0.1) is 11.8 Å². The minimum absolute atomic E-state index is 0.140. The Kier molecular flexibility index (Phi) is 4.79. The monoisotopic (exact) mass is 220 g/mol. The predicted octanol–water partition coefficient (Wildman–Crippen LogP) is 2.32. The average molecular weight is 220 g/mol. The van der Waals surface area contributed by atoms with Crippen LogP contribution in [0.5, 0.6) is 0 Å². The van der Waals surface area contributed by atoms with E-state index in [1.165, 1.54) is 12.0 Å². The molecule has 0 heterocycles. The molecule has 0 aromatic heterocycles. The molecule has 1 aromatic carbocycles. The minimum atomic E-state index is -0.303. The van der Waals surface area contributed by atoms with Crippen LogP contribution in [-0.2, 0) is 9.53 Å². The van der Waals surface area contributed by atoms with Gasteiger partial charge >= 0.3 is 5.97 Å². The lowest BCUT2D eigenvalue weighted by molar-refractivity contribution is -0.139. The zero-order chi connectivity index (χ0) is 11.1. The van der Waals surface area contributed by atoms with E-state index in [0.717, 1.165) is 5.56 Å². The zero-order valence-electron chi connectivity index (χ0n) is 8.74. The molecule has 0 spiro atoms. The third kappa shape index (κ3) is 4.09. The Hall–Kier alpha value is -1.40. The number of rotatable bonds is 2. The number of ether oxygens (including phenoxy) is 1. The Labute approximate surface area is 94.0 Å². The number of carbonyl (C=O) groups is 1. The summed E-state index contributed by atoms with van der Waals surface area (Å²) >= 11 is 1.69. The van der Waals surface area contributed by atoms with Crippen molar-refractivity contribution in [1.82, 2.24) is 0 Å². The van der Waals surface area contributed by atoms with Gasteiger partial charge < -0.3 is 4.74 Å². The van der Waals surface area contributed by atoms with Crippen molar-refractivity contribution in [2.45, 2.75) is 11.3 Å². The Bertz CT molecular complexity index is 384. The second-order valence-electron chi connectivity index (χ2n) is 2.78. The summed E-state index contributed by atoms with van der Waals surface area (Å²) in [7, 11) is 1.36. The third-order valence-electron chi connectivity index (χ3n) is 1.78. The van der Waals surface area contributed by atoms with E-state index in [0.29, 0.717) is 0 Å². The van der Waals surface area contributed by atoms with E-state index in [2.05, 4.69) is 16.6 Å². The fourth-order valence-electron chi connectivity index (χ4n) is 0.965. The van der Waals surface area contributed by atoms with E-state index in [1.807, 2.05) is 30.5 Å². The lowest BCUT2D eigenvalue weighted by atomic mass is 10.2. The number of hydrogen-bond donors (Lipinski definition) is 0. The van der Waals surface area contributed by atoms with E-state index in [9.17, 15) is 4.79 Å². The van der Waals surface area contributed by atoms with Crippen molar-refractivity contribution in [1.29, 1.82) is 0 Å². The largest absolute Gasteiger partial charge is 0.468 e. The fraction of sp³-hybridized carbons (Fsp3) is 0.250. The highest BCUT2D eigenvalue weighted by Crippen LogP contribution is 2.14. The van der Waals surface area contributed by atoms with Gasteiger partial charge in [-0.25, -0.2) is 0 Å². The molecular weight excluding hydrogens is 208 g/mol. The third-order valence-corrected chi connectivity index (χ3v) is 2.53. The molecule has 2 nitrogen and oxygen atoms in total. The first-order valence-electron chi connectivity index (χ1n) is 4.46. The molecule has 78 valence electrons. The van der Waals surface area contributed by atoms with Gasteiger partial charge in [-0.3, -0.25) is 4.79 Å². The molecule has 0 radical (unpaired) electrons. The predicted molar refractivity (Wildman–Crippen MR) is 61.7 cm³/mol. The first-order chi connectivity index (χ1) is 7.26. The number of benzene rings is 1. The van der Waals surface area contributed by atoms with Gasteiger partial charge in [0.25, 0.3) is 0 Å². The standard InChI is InChI=1S/C12H12O2S/c1-14-12(13)5-3-4-10-6-8-11(15-2)9-7-10/h6-9H,5H2,1-2H3. The highest BCUT2D eigenvalue weighted by molar-refractivity contribution is 7.98. The van der Waals surface area contributed by atoms with Crippen LogP contribution in [0.3, 0.4) is 0 Å². The maximum atomic E-state index is 10.8. The topological polar surface area (TPSA) is 26.3 Å². The lowest BCUT2D eigenvalue weighted by Crippen LogP contribution is -1.96. The van der Waals surface area contributed by atoms with Crippen LogP contribution in [0, 0.1) is 11.8 Å². The van der Waals surface area contributed by atoms with E-state index < -0.39 is 0 Å². The quantitative estimate of drug-likeness (QED) is 0.434.